The Morgan fingerprint density at radius 2 is 1.71 bits per heavy atom. The fourth-order valence-corrected chi connectivity index (χ4v) is 8.60. The van der Waals surface area contributed by atoms with E-state index in [2.05, 4.69) is 6.92 Å². The summed E-state index contributed by atoms with van der Waals surface area (Å²) in [6.45, 7) is 7.96. The van der Waals surface area contributed by atoms with Gasteiger partial charge in [0.05, 0.1) is 0 Å². The lowest BCUT2D eigenvalue weighted by molar-refractivity contribution is -0.211. The molecule has 4 saturated carbocycles. The maximum Gasteiger partial charge on any atom is 0.303 e. The van der Waals surface area contributed by atoms with Crippen molar-refractivity contribution in [2.24, 2.45) is 34.5 Å². The first-order chi connectivity index (χ1) is 16.3. The molecule has 0 aromatic carbocycles. The summed E-state index contributed by atoms with van der Waals surface area (Å²) in [5.41, 5.74) is -2.38. The molecular formula is C27H40O8. The Morgan fingerprint density at radius 1 is 1.00 bits per heavy atom. The molecule has 196 valence electrons. The van der Waals surface area contributed by atoms with Crippen LogP contribution in [0, 0.1) is 34.5 Å². The maximum atomic E-state index is 13.9. The van der Waals surface area contributed by atoms with Gasteiger partial charge in [0.15, 0.2) is 6.10 Å². The van der Waals surface area contributed by atoms with E-state index in [1.807, 2.05) is 6.92 Å². The molecular weight excluding hydrogens is 452 g/mol. The topological polar surface area (TPSA) is 116 Å². The quantitative estimate of drug-likeness (QED) is 0.459. The molecule has 1 N–H and O–H groups in total. The Balaban J connectivity index is 1.60. The lowest BCUT2D eigenvalue weighted by Crippen LogP contribution is -2.63. The minimum absolute atomic E-state index is 0.0755. The van der Waals surface area contributed by atoms with Crippen molar-refractivity contribution in [3.05, 3.63) is 0 Å². The summed E-state index contributed by atoms with van der Waals surface area (Å²) >= 11 is 0. The third-order valence-corrected chi connectivity index (χ3v) is 10.1. The first-order valence-corrected chi connectivity index (χ1v) is 13.0. The van der Waals surface area contributed by atoms with Crippen molar-refractivity contribution in [2.45, 2.75) is 104 Å². The molecule has 0 amide bonds. The van der Waals surface area contributed by atoms with Crippen LogP contribution in [-0.4, -0.2) is 53.2 Å². The van der Waals surface area contributed by atoms with Gasteiger partial charge >= 0.3 is 17.9 Å². The summed E-state index contributed by atoms with van der Waals surface area (Å²) in [5.74, 6) is -0.655. The van der Waals surface area contributed by atoms with Crippen LogP contribution in [0.15, 0.2) is 0 Å². The van der Waals surface area contributed by atoms with Crippen molar-refractivity contribution < 1.29 is 38.5 Å². The first-order valence-electron chi connectivity index (χ1n) is 13.0. The van der Waals surface area contributed by atoms with Crippen molar-refractivity contribution in [3.63, 3.8) is 0 Å². The van der Waals surface area contributed by atoms with Crippen molar-refractivity contribution in [1.82, 2.24) is 0 Å². The van der Waals surface area contributed by atoms with E-state index in [0.717, 1.165) is 38.5 Å². The summed E-state index contributed by atoms with van der Waals surface area (Å²) in [6, 6.07) is 0. The number of hydrogen-bond acceptors (Lipinski definition) is 8. The smallest absolute Gasteiger partial charge is 0.303 e. The zero-order valence-corrected chi connectivity index (χ0v) is 21.6. The summed E-state index contributed by atoms with van der Waals surface area (Å²) < 4.78 is 16.2. The number of esters is 3. The number of ketones is 1. The molecule has 0 heterocycles. The summed E-state index contributed by atoms with van der Waals surface area (Å²) in [5, 5.41) is 12.0. The molecule has 0 radical (unpaired) electrons. The number of rotatable bonds is 5. The lowest BCUT2D eigenvalue weighted by Gasteiger charge is -2.61. The number of hydrogen-bond donors (Lipinski definition) is 1. The molecule has 0 aromatic rings. The Morgan fingerprint density at radius 3 is 2.34 bits per heavy atom. The van der Waals surface area contributed by atoms with Crippen LogP contribution >= 0.6 is 0 Å². The number of aliphatic hydroxyl groups is 1. The second-order valence-corrected chi connectivity index (χ2v) is 12.0. The molecule has 0 aliphatic heterocycles. The standard InChI is InChI=1S/C27H40O8/c1-15(28)33-14-23(35-17(3)30)27(32)11-9-21-20-7-6-18-12-19(34-16(2)29)8-10-25(18,4)24(20)22(31)13-26(21,27)5/h18-21,23-24,32H,6-14H2,1-5H3/t18?,19-,20?,21?,23?,24?,25?,26?,27?/m1/s1. The Kier molecular flexibility index (Phi) is 6.84. The average Bonchev–Trinajstić information content (AvgIpc) is 3.01. The van der Waals surface area contributed by atoms with Crippen LogP contribution in [-0.2, 0) is 33.4 Å². The number of carbonyl (C=O) groups is 4. The predicted octanol–water partition coefficient (Wildman–Crippen LogP) is 3.37. The summed E-state index contributed by atoms with van der Waals surface area (Å²) in [4.78, 5) is 48.8. The van der Waals surface area contributed by atoms with Gasteiger partial charge in [0.25, 0.3) is 0 Å². The highest BCUT2D eigenvalue weighted by molar-refractivity contribution is 5.84. The van der Waals surface area contributed by atoms with E-state index in [1.165, 1.54) is 20.8 Å². The van der Waals surface area contributed by atoms with E-state index in [1.54, 1.807) is 0 Å². The molecule has 8 nitrogen and oxygen atoms in total. The number of fused-ring (bicyclic) bond motifs is 5. The van der Waals surface area contributed by atoms with Crippen molar-refractivity contribution in [3.8, 4) is 0 Å². The first kappa shape index (κ1) is 26.1. The zero-order valence-electron chi connectivity index (χ0n) is 21.6. The molecule has 4 fully saturated rings. The zero-order chi connectivity index (χ0) is 25.8. The van der Waals surface area contributed by atoms with Gasteiger partial charge in [0.2, 0.25) is 0 Å². The molecule has 4 aliphatic rings. The number of carbonyl (C=O) groups excluding carboxylic acids is 4. The van der Waals surface area contributed by atoms with Crippen molar-refractivity contribution >= 4 is 23.7 Å². The van der Waals surface area contributed by atoms with Crippen LogP contribution in [0.3, 0.4) is 0 Å². The monoisotopic (exact) mass is 492 g/mol. The van der Waals surface area contributed by atoms with Gasteiger partial charge in [0.1, 0.15) is 24.1 Å². The van der Waals surface area contributed by atoms with Crippen LogP contribution in [0.2, 0.25) is 0 Å². The molecule has 0 spiro atoms. The van der Waals surface area contributed by atoms with Gasteiger partial charge in [-0.2, -0.15) is 0 Å². The van der Waals surface area contributed by atoms with Gasteiger partial charge in [-0.15, -0.1) is 0 Å². The minimum Gasteiger partial charge on any atom is -0.463 e. The number of Topliss-reactive ketones (excluding diaryl/α,β-unsaturated/α-hetero) is 1. The molecule has 8 unspecified atom stereocenters. The highest BCUT2D eigenvalue weighted by atomic mass is 16.6. The van der Waals surface area contributed by atoms with E-state index in [0.29, 0.717) is 12.3 Å². The maximum absolute atomic E-state index is 13.9. The van der Waals surface area contributed by atoms with Gasteiger partial charge < -0.3 is 19.3 Å². The van der Waals surface area contributed by atoms with E-state index < -0.39 is 29.1 Å². The van der Waals surface area contributed by atoms with Crippen LogP contribution in [0.25, 0.3) is 0 Å². The SMILES string of the molecule is CC(=O)OCC(OC(C)=O)C1(O)CCC2C3CCC4C[C@H](OC(C)=O)CCC4(C)C3C(=O)CC21C. The van der Waals surface area contributed by atoms with Gasteiger partial charge in [-0.3, -0.25) is 19.2 Å². The minimum atomic E-state index is -1.45. The second kappa shape index (κ2) is 9.16. The predicted molar refractivity (Wildman–Crippen MR) is 125 cm³/mol. The molecule has 4 aliphatic carbocycles. The van der Waals surface area contributed by atoms with Crippen LogP contribution in [0.4, 0.5) is 0 Å². The van der Waals surface area contributed by atoms with E-state index in [9.17, 15) is 24.3 Å². The Hall–Kier alpha value is -1.96. The van der Waals surface area contributed by atoms with E-state index in [-0.39, 0.29) is 54.1 Å². The van der Waals surface area contributed by atoms with Crippen LogP contribution in [0.1, 0.15) is 86.0 Å². The van der Waals surface area contributed by atoms with Crippen LogP contribution in [0.5, 0.6) is 0 Å². The van der Waals surface area contributed by atoms with Crippen molar-refractivity contribution in [1.29, 1.82) is 0 Å². The summed E-state index contributed by atoms with van der Waals surface area (Å²) in [6.07, 6.45) is 4.51. The van der Waals surface area contributed by atoms with Gasteiger partial charge in [0, 0.05) is 38.5 Å². The average molecular weight is 493 g/mol. The molecule has 4 rings (SSSR count). The third-order valence-electron chi connectivity index (χ3n) is 10.1. The van der Waals surface area contributed by atoms with E-state index in [4.69, 9.17) is 14.2 Å². The Labute approximate surface area is 207 Å². The molecule has 35 heavy (non-hydrogen) atoms. The fourth-order valence-electron chi connectivity index (χ4n) is 8.60. The molecule has 0 bridgehead atoms. The van der Waals surface area contributed by atoms with Gasteiger partial charge in [-0.05, 0) is 68.1 Å². The molecule has 8 heteroatoms. The highest BCUT2D eigenvalue weighted by Gasteiger charge is 2.69. The molecule has 0 saturated heterocycles. The van der Waals surface area contributed by atoms with Gasteiger partial charge in [-0.1, -0.05) is 13.8 Å². The normalized spacial score (nSPS) is 43.3. The highest BCUT2D eigenvalue weighted by Crippen LogP contribution is 2.68. The van der Waals surface area contributed by atoms with Crippen molar-refractivity contribution in [2.75, 3.05) is 6.61 Å². The summed E-state index contributed by atoms with van der Waals surface area (Å²) in [7, 11) is 0. The second-order valence-electron chi connectivity index (χ2n) is 12.0. The van der Waals surface area contributed by atoms with Gasteiger partial charge in [-0.25, -0.2) is 0 Å². The fraction of sp³-hybridized carbons (Fsp3) is 0.852. The molecule has 0 aromatic heterocycles. The molecule has 9 atom stereocenters. The number of ether oxygens (including phenoxy) is 3. The Bertz CT molecular complexity index is 900. The van der Waals surface area contributed by atoms with E-state index >= 15 is 0 Å². The largest absolute Gasteiger partial charge is 0.463 e. The lowest BCUT2D eigenvalue weighted by atomic mass is 9.44. The van der Waals surface area contributed by atoms with Crippen LogP contribution < -0.4 is 0 Å². The third kappa shape index (κ3) is 4.30.